The molecule has 0 radical (unpaired) electrons. The van der Waals surface area contributed by atoms with E-state index in [0.29, 0.717) is 5.13 Å². The zero-order chi connectivity index (χ0) is 11.1. The Balaban J connectivity index is 2.07. The van der Waals surface area contributed by atoms with E-state index in [2.05, 4.69) is 35.1 Å². The quantitative estimate of drug-likeness (QED) is 0.819. The van der Waals surface area contributed by atoms with E-state index in [0.717, 1.165) is 24.2 Å². The molecule has 82 valence electrons. The van der Waals surface area contributed by atoms with Gasteiger partial charge in [0.1, 0.15) is 0 Å². The molecule has 1 aromatic heterocycles. The number of aromatic nitrogens is 1. The van der Waals surface area contributed by atoms with Crippen molar-refractivity contribution in [3.8, 4) is 11.3 Å². The zero-order valence-electron chi connectivity index (χ0n) is 9.10. The van der Waals surface area contributed by atoms with E-state index in [9.17, 15) is 0 Å². The lowest BCUT2D eigenvalue weighted by atomic mass is 10.1. The normalized spacial score (nSPS) is 14.2. The number of hydrogen-bond donors (Lipinski definition) is 1. The lowest BCUT2D eigenvalue weighted by Crippen LogP contribution is -2.12. The summed E-state index contributed by atoms with van der Waals surface area (Å²) in [7, 11) is 2.13. The molecule has 0 saturated heterocycles. The van der Waals surface area contributed by atoms with Crippen molar-refractivity contribution in [1.82, 2.24) is 4.98 Å². The molecule has 3 rings (SSSR count). The Morgan fingerprint density at radius 1 is 1.44 bits per heavy atom. The molecule has 3 nitrogen and oxygen atoms in total. The number of nitrogens with zero attached hydrogens (tertiary/aromatic N) is 2. The molecule has 0 saturated carbocycles. The van der Waals surface area contributed by atoms with Crippen LogP contribution in [0.25, 0.3) is 11.3 Å². The maximum atomic E-state index is 5.65. The number of nitrogen functional groups attached to an aromatic ring is 1. The summed E-state index contributed by atoms with van der Waals surface area (Å²) in [5.41, 5.74) is 10.5. The molecule has 0 spiro atoms. The average Bonchev–Trinajstić information content (AvgIpc) is 2.86. The lowest BCUT2D eigenvalue weighted by molar-refractivity contribution is 0.956. The summed E-state index contributed by atoms with van der Waals surface area (Å²) < 4.78 is 0. The molecule has 0 unspecified atom stereocenters. The van der Waals surface area contributed by atoms with Crippen molar-refractivity contribution in [3.05, 3.63) is 29.1 Å². The van der Waals surface area contributed by atoms with E-state index in [4.69, 9.17) is 5.73 Å². The summed E-state index contributed by atoms with van der Waals surface area (Å²) >= 11 is 1.49. The van der Waals surface area contributed by atoms with Gasteiger partial charge in [0.05, 0.1) is 5.69 Å². The van der Waals surface area contributed by atoms with E-state index < -0.39 is 0 Å². The highest BCUT2D eigenvalue weighted by molar-refractivity contribution is 7.13. The third kappa shape index (κ3) is 1.46. The average molecular weight is 231 g/mol. The molecule has 16 heavy (non-hydrogen) atoms. The van der Waals surface area contributed by atoms with Crippen molar-refractivity contribution < 1.29 is 0 Å². The van der Waals surface area contributed by atoms with Crippen LogP contribution in [-0.2, 0) is 6.42 Å². The number of fused-ring (bicyclic) bond motifs is 1. The Bertz CT molecular complexity index is 533. The summed E-state index contributed by atoms with van der Waals surface area (Å²) in [6, 6.07) is 6.53. The van der Waals surface area contributed by atoms with Gasteiger partial charge in [-0.25, -0.2) is 4.98 Å². The zero-order valence-corrected chi connectivity index (χ0v) is 9.92. The number of likely N-dealkylation sites (N-methyl/N-ethyl adjacent to an activating group) is 1. The minimum atomic E-state index is 0.629. The maximum absolute atomic E-state index is 5.65. The van der Waals surface area contributed by atoms with Crippen LogP contribution in [0, 0.1) is 0 Å². The first-order valence-electron chi connectivity index (χ1n) is 5.29. The summed E-state index contributed by atoms with van der Waals surface area (Å²) in [5.74, 6) is 0. The van der Waals surface area contributed by atoms with Crippen molar-refractivity contribution >= 4 is 22.2 Å². The van der Waals surface area contributed by atoms with Crippen LogP contribution in [0.5, 0.6) is 0 Å². The fraction of sp³-hybridized carbons (Fsp3) is 0.250. The highest BCUT2D eigenvalue weighted by atomic mass is 32.1. The van der Waals surface area contributed by atoms with Crippen molar-refractivity contribution in [2.75, 3.05) is 24.2 Å². The van der Waals surface area contributed by atoms with Crippen LogP contribution in [-0.4, -0.2) is 18.6 Å². The monoisotopic (exact) mass is 231 g/mol. The smallest absolute Gasteiger partial charge is 0.180 e. The van der Waals surface area contributed by atoms with Gasteiger partial charge in [0.25, 0.3) is 0 Å². The van der Waals surface area contributed by atoms with Gasteiger partial charge in [-0.15, -0.1) is 11.3 Å². The van der Waals surface area contributed by atoms with Gasteiger partial charge in [0, 0.05) is 30.2 Å². The molecule has 0 fully saturated rings. The van der Waals surface area contributed by atoms with Gasteiger partial charge < -0.3 is 10.6 Å². The Morgan fingerprint density at radius 2 is 2.31 bits per heavy atom. The second-order valence-electron chi connectivity index (χ2n) is 4.09. The maximum Gasteiger partial charge on any atom is 0.180 e. The largest absolute Gasteiger partial charge is 0.375 e. The minimum absolute atomic E-state index is 0.629. The predicted octanol–water partition coefficient (Wildman–Crippen LogP) is 2.38. The Kier molecular flexibility index (Phi) is 2.11. The van der Waals surface area contributed by atoms with Crippen LogP contribution < -0.4 is 10.6 Å². The van der Waals surface area contributed by atoms with Crippen molar-refractivity contribution in [1.29, 1.82) is 0 Å². The van der Waals surface area contributed by atoms with Crippen molar-refractivity contribution in [3.63, 3.8) is 0 Å². The molecule has 4 heteroatoms. The van der Waals surface area contributed by atoms with E-state index in [1.165, 1.54) is 22.6 Å². The van der Waals surface area contributed by atoms with E-state index in [-0.39, 0.29) is 0 Å². The molecule has 0 atom stereocenters. The van der Waals surface area contributed by atoms with Crippen molar-refractivity contribution in [2.24, 2.45) is 0 Å². The molecule has 2 heterocycles. The molecular weight excluding hydrogens is 218 g/mol. The van der Waals surface area contributed by atoms with Gasteiger partial charge in [-0.1, -0.05) is 12.1 Å². The lowest BCUT2D eigenvalue weighted by Gasteiger charge is -2.12. The second-order valence-corrected chi connectivity index (χ2v) is 4.98. The number of benzene rings is 1. The molecule has 0 aliphatic carbocycles. The summed E-state index contributed by atoms with van der Waals surface area (Å²) in [6.45, 7) is 1.11. The number of anilines is 2. The number of hydrogen-bond acceptors (Lipinski definition) is 4. The van der Waals surface area contributed by atoms with Gasteiger partial charge >= 0.3 is 0 Å². The summed E-state index contributed by atoms with van der Waals surface area (Å²) in [5, 5.41) is 2.63. The fourth-order valence-electron chi connectivity index (χ4n) is 2.12. The third-order valence-electron chi connectivity index (χ3n) is 3.03. The van der Waals surface area contributed by atoms with Gasteiger partial charge in [0.2, 0.25) is 0 Å². The highest BCUT2D eigenvalue weighted by Crippen LogP contribution is 2.32. The van der Waals surface area contributed by atoms with Crippen molar-refractivity contribution in [2.45, 2.75) is 6.42 Å². The number of nitrogens with two attached hydrogens (primary N) is 1. The summed E-state index contributed by atoms with van der Waals surface area (Å²) in [4.78, 5) is 6.60. The topological polar surface area (TPSA) is 42.1 Å². The van der Waals surface area contributed by atoms with E-state index in [1.807, 2.05) is 5.38 Å². The van der Waals surface area contributed by atoms with E-state index in [1.54, 1.807) is 0 Å². The summed E-state index contributed by atoms with van der Waals surface area (Å²) in [6.07, 6.45) is 1.14. The Labute approximate surface area is 98.5 Å². The molecule has 1 aliphatic rings. The molecule has 0 bridgehead atoms. The molecule has 1 aliphatic heterocycles. The standard InChI is InChI=1S/C12H13N3S/c1-15-5-4-8-2-3-9(6-11(8)15)10-7-16-12(13)14-10/h2-3,6-7H,4-5H2,1H3,(H2,13,14). The first kappa shape index (κ1) is 9.66. The number of thiazole rings is 1. The van der Waals surface area contributed by atoms with Gasteiger partial charge in [0.15, 0.2) is 5.13 Å². The molecule has 2 N–H and O–H groups in total. The van der Waals surface area contributed by atoms with Crippen LogP contribution in [0.2, 0.25) is 0 Å². The van der Waals surface area contributed by atoms with Gasteiger partial charge in [-0.2, -0.15) is 0 Å². The van der Waals surface area contributed by atoms with E-state index >= 15 is 0 Å². The minimum Gasteiger partial charge on any atom is -0.375 e. The predicted molar refractivity (Wildman–Crippen MR) is 68.9 cm³/mol. The Hall–Kier alpha value is -1.55. The first-order valence-corrected chi connectivity index (χ1v) is 6.17. The Morgan fingerprint density at radius 3 is 3.06 bits per heavy atom. The van der Waals surface area contributed by atoms with Crippen LogP contribution in [0.15, 0.2) is 23.6 Å². The molecule has 1 aromatic carbocycles. The fourth-order valence-corrected chi connectivity index (χ4v) is 2.69. The van der Waals surface area contributed by atoms with Gasteiger partial charge in [-0.05, 0) is 18.1 Å². The molecule has 0 amide bonds. The third-order valence-corrected chi connectivity index (χ3v) is 3.70. The van der Waals surface area contributed by atoms with Crippen LogP contribution in [0.4, 0.5) is 10.8 Å². The molecular formula is C12H13N3S. The van der Waals surface area contributed by atoms with Crippen LogP contribution in [0.1, 0.15) is 5.56 Å². The SMILES string of the molecule is CN1CCc2ccc(-c3csc(N)n3)cc21. The highest BCUT2D eigenvalue weighted by Gasteiger charge is 2.16. The second kappa shape index (κ2) is 3.49. The number of rotatable bonds is 1. The molecule has 2 aromatic rings. The van der Waals surface area contributed by atoms with Crippen LogP contribution in [0.3, 0.4) is 0 Å². The van der Waals surface area contributed by atoms with Crippen LogP contribution >= 0.6 is 11.3 Å². The first-order chi connectivity index (χ1) is 7.74. The van der Waals surface area contributed by atoms with Gasteiger partial charge in [-0.3, -0.25) is 0 Å².